The summed E-state index contributed by atoms with van der Waals surface area (Å²) in [6.45, 7) is 2.56. The first-order valence-corrected chi connectivity index (χ1v) is 5.49. The average Bonchev–Trinajstić information content (AvgIpc) is 2.59. The van der Waals surface area contributed by atoms with Crippen molar-refractivity contribution in [2.45, 2.75) is 38.4 Å². The lowest BCUT2D eigenvalue weighted by molar-refractivity contribution is -0.176. The van der Waals surface area contributed by atoms with E-state index in [0.29, 0.717) is 6.04 Å². The molecule has 2 N–H and O–H groups in total. The van der Waals surface area contributed by atoms with E-state index < -0.39 is 12.1 Å². The largest absolute Gasteiger partial charge is 0.394 e. The summed E-state index contributed by atoms with van der Waals surface area (Å²) >= 11 is 0. The number of likely N-dealkylation sites (tertiary alicyclic amines) is 1. The zero-order valence-electron chi connectivity index (χ0n) is 9.06. The summed E-state index contributed by atoms with van der Waals surface area (Å²) in [4.78, 5) is 1.94. The Morgan fingerprint density at radius 2 is 2.13 bits per heavy atom. The van der Waals surface area contributed by atoms with Crippen LogP contribution in [0.2, 0.25) is 0 Å². The molecule has 0 aromatic heterocycles. The number of alkyl halides is 3. The Hall–Kier alpha value is -0.290. The SMILES string of the molecule is CCC1CCCN1CC(CN)C(F)(F)F. The second-order valence-electron chi connectivity index (χ2n) is 4.17. The van der Waals surface area contributed by atoms with E-state index in [1.54, 1.807) is 0 Å². The first-order chi connectivity index (χ1) is 6.99. The zero-order chi connectivity index (χ0) is 11.5. The smallest absolute Gasteiger partial charge is 0.330 e. The maximum atomic E-state index is 12.5. The van der Waals surface area contributed by atoms with Crippen LogP contribution in [0.5, 0.6) is 0 Å². The van der Waals surface area contributed by atoms with Crippen molar-refractivity contribution in [3.05, 3.63) is 0 Å². The molecular formula is C10H19F3N2. The molecule has 0 saturated carbocycles. The van der Waals surface area contributed by atoms with E-state index in [-0.39, 0.29) is 13.1 Å². The van der Waals surface area contributed by atoms with E-state index in [1.807, 2.05) is 11.8 Å². The fourth-order valence-corrected chi connectivity index (χ4v) is 2.19. The van der Waals surface area contributed by atoms with Crippen LogP contribution in [0.15, 0.2) is 0 Å². The van der Waals surface area contributed by atoms with E-state index in [2.05, 4.69) is 0 Å². The van der Waals surface area contributed by atoms with Crippen LogP contribution in [0.1, 0.15) is 26.2 Å². The lowest BCUT2D eigenvalue weighted by Gasteiger charge is -2.28. The molecule has 0 aromatic rings. The van der Waals surface area contributed by atoms with Gasteiger partial charge in [0.05, 0.1) is 5.92 Å². The Balaban J connectivity index is 2.51. The molecule has 15 heavy (non-hydrogen) atoms. The Morgan fingerprint density at radius 1 is 1.47 bits per heavy atom. The van der Waals surface area contributed by atoms with E-state index in [9.17, 15) is 13.2 Å². The standard InChI is InChI=1S/C10H19F3N2/c1-2-9-4-3-5-15(9)7-8(6-14)10(11,12)13/h8-9H,2-7,14H2,1H3. The maximum absolute atomic E-state index is 12.5. The molecule has 0 bridgehead atoms. The van der Waals surface area contributed by atoms with E-state index in [1.165, 1.54) is 0 Å². The fraction of sp³-hybridized carbons (Fsp3) is 1.00. The Kier molecular flexibility index (Phi) is 4.40. The van der Waals surface area contributed by atoms with Crippen molar-refractivity contribution in [1.29, 1.82) is 0 Å². The van der Waals surface area contributed by atoms with Crippen LogP contribution in [0.25, 0.3) is 0 Å². The molecule has 1 fully saturated rings. The van der Waals surface area contributed by atoms with Gasteiger partial charge < -0.3 is 5.73 Å². The van der Waals surface area contributed by atoms with Crippen LogP contribution in [-0.4, -0.2) is 36.8 Å². The van der Waals surface area contributed by atoms with Crippen molar-refractivity contribution in [3.8, 4) is 0 Å². The minimum absolute atomic E-state index is 0.0680. The summed E-state index contributed by atoms with van der Waals surface area (Å²) in [6.07, 6.45) is -1.20. The van der Waals surface area contributed by atoms with Crippen molar-refractivity contribution in [1.82, 2.24) is 4.90 Å². The number of hydrogen-bond donors (Lipinski definition) is 1. The van der Waals surface area contributed by atoms with Gasteiger partial charge in [-0.2, -0.15) is 13.2 Å². The summed E-state index contributed by atoms with van der Waals surface area (Å²) in [7, 11) is 0. The minimum Gasteiger partial charge on any atom is -0.330 e. The molecule has 5 heteroatoms. The third-order valence-electron chi connectivity index (χ3n) is 3.17. The molecule has 2 nitrogen and oxygen atoms in total. The third-order valence-corrected chi connectivity index (χ3v) is 3.17. The number of halogens is 3. The number of nitrogens with two attached hydrogens (primary N) is 1. The molecule has 0 aliphatic carbocycles. The fourth-order valence-electron chi connectivity index (χ4n) is 2.19. The van der Waals surface area contributed by atoms with Crippen molar-refractivity contribution < 1.29 is 13.2 Å². The highest BCUT2D eigenvalue weighted by molar-refractivity contribution is 4.82. The van der Waals surface area contributed by atoms with Crippen molar-refractivity contribution in [3.63, 3.8) is 0 Å². The number of hydrogen-bond acceptors (Lipinski definition) is 2. The molecule has 1 rings (SSSR count). The molecule has 0 amide bonds. The second kappa shape index (κ2) is 5.16. The Morgan fingerprint density at radius 3 is 2.60 bits per heavy atom. The van der Waals surface area contributed by atoms with Gasteiger partial charge in [0.1, 0.15) is 0 Å². The lowest BCUT2D eigenvalue weighted by Crippen LogP contribution is -2.42. The van der Waals surface area contributed by atoms with E-state index in [0.717, 1.165) is 25.8 Å². The summed E-state index contributed by atoms with van der Waals surface area (Å²) in [6, 6.07) is 0.321. The Labute approximate surface area is 88.6 Å². The van der Waals surface area contributed by atoms with Gasteiger partial charge in [-0.1, -0.05) is 6.92 Å². The van der Waals surface area contributed by atoms with Crippen LogP contribution in [-0.2, 0) is 0 Å². The van der Waals surface area contributed by atoms with Crippen LogP contribution in [0.3, 0.4) is 0 Å². The maximum Gasteiger partial charge on any atom is 0.394 e. The van der Waals surface area contributed by atoms with Crippen LogP contribution in [0.4, 0.5) is 13.2 Å². The molecule has 1 aliphatic rings. The van der Waals surface area contributed by atoms with Gasteiger partial charge in [0.15, 0.2) is 0 Å². The van der Waals surface area contributed by atoms with Crippen LogP contribution < -0.4 is 5.73 Å². The molecular weight excluding hydrogens is 205 g/mol. The van der Waals surface area contributed by atoms with Gasteiger partial charge in [-0.3, -0.25) is 4.90 Å². The molecule has 2 unspecified atom stereocenters. The highest BCUT2D eigenvalue weighted by Gasteiger charge is 2.40. The predicted octanol–water partition coefficient (Wildman–Crippen LogP) is 2.00. The molecule has 2 atom stereocenters. The third kappa shape index (κ3) is 3.34. The molecule has 1 aliphatic heterocycles. The van der Waals surface area contributed by atoms with E-state index >= 15 is 0 Å². The molecule has 1 saturated heterocycles. The topological polar surface area (TPSA) is 29.3 Å². The highest BCUT2D eigenvalue weighted by atomic mass is 19.4. The van der Waals surface area contributed by atoms with Gasteiger partial charge in [0.25, 0.3) is 0 Å². The summed E-state index contributed by atoms with van der Waals surface area (Å²) < 4.78 is 37.5. The first-order valence-electron chi connectivity index (χ1n) is 5.49. The quantitative estimate of drug-likeness (QED) is 0.791. The van der Waals surface area contributed by atoms with Gasteiger partial charge >= 0.3 is 6.18 Å². The van der Waals surface area contributed by atoms with Crippen molar-refractivity contribution >= 4 is 0 Å². The highest BCUT2D eigenvalue weighted by Crippen LogP contribution is 2.29. The number of rotatable bonds is 4. The normalized spacial score (nSPS) is 25.8. The minimum atomic E-state index is -4.16. The lowest BCUT2D eigenvalue weighted by atomic mass is 10.1. The Bertz CT molecular complexity index is 194. The van der Waals surface area contributed by atoms with Gasteiger partial charge in [-0.25, -0.2) is 0 Å². The van der Waals surface area contributed by atoms with Gasteiger partial charge in [-0.05, 0) is 25.8 Å². The second-order valence-corrected chi connectivity index (χ2v) is 4.17. The first kappa shape index (κ1) is 12.8. The van der Waals surface area contributed by atoms with Gasteiger partial charge in [-0.15, -0.1) is 0 Å². The molecule has 0 aromatic carbocycles. The zero-order valence-corrected chi connectivity index (χ0v) is 9.06. The van der Waals surface area contributed by atoms with Gasteiger partial charge in [0.2, 0.25) is 0 Å². The molecule has 0 radical (unpaired) electrons. The number of nitrogens with zero attached hydrogens (tertiary/aromatic N) is 1. The van der Waals surface area contributed by atoms with E-state index in [4.69, 9.17) is 5.73 Å². The van der Waals surface area contributed by atoms with Crippen molar-refractivity contribution in [2.24, 2.45) is 11.7 Å². The monoisotopic (exact) mass is 224 g/mol. The molecule has 0 spiro atoms. The summed E-state index contributed by atoms with van der Waals surface area (Å²) in [5.74, 6) is -1.37. The average molecular weight is 224 g/mol. The molecule has 1 heterocycles. The van der Waals surface area contributed by atoms with Gasteiger partial charge in [0, 0.05) is 19.1 Å². The summed E-state index contributed by atoms with van der Waals surface area (Å²) in [5, 5.41) is 0. The molecule has 90 valence electrons. The van der Waals surface area contributed by atoms with Crippen LogP contribution >= 0.6 is 0 Å². The van der Waals surface area contributed by atoms with Crippen LogP contribution in [0, 0.1) is 5.92 Å². The van der Waals surface area contributed by atoms with Crippen molar-refractivity contribution in [2.75, 3.05) is 19.6 Å². The summed E-state index contributed by atoms with van der Waals surface area (Å²) in [5.41, 5.74) is 5.18. The predicted molar refractivity (Wildman–Crippen MR) is 53.5 cm³/mol.